The average molecular weight is 476 g/mol. The van der Waals surface area contributed by atoms with Gasteiger partial charge in [-0.3, -0.25) is 14.0 Å². The molecule has 7 nitrogen and oxygen atoms in total. The molecule has 1 aliphatic heterocycles. The summed E-state index contributed by atoms with van der Waals surface area (Å²) in [5.41, 5.74) is 4.28. The first kappa shape index (κ1) is 22.7. The average Bonchev–Trinajstić information content (AvgIpc) is 3.44. The molecule has 0 unspecified atom stereocenters. The Morgan fingerprint density at radius 2 is 1.82 bits per heavy atom. The summed E-state index contributed by atoms with van der Waals surface area (Å²) in [5.74, 6) is 0.110. The third kappa shape index (κ3) is 4.75. The van der Waals surface area contributed by atoms with Gasteiger partial charge < -0.3 is 15.5 Å². The molecule has 1 amide bonds. The predicted octanol–water partition coefficient (Wildman–Crippen LogP) is 3.83. The van der Waals surface area contributed by atoms with Crippen molar-refractivity contribution in [2.45, 2.75) is 19.3 Å². The number of hydrogen-bond donors (Lipinski definition) is 2. The van der Waals surface area contributed by atoms with Crippen molar-refractivity contribution >= 4 is 38.2 Å². The number of rotatable bonds is 8. The highest BCUT2D eigenvalue weighted by atomic mass is 32.1. The largest absolute Gasteiger partial charge is 0.355 e. The van der Waals surface area contributed by atoms with Gasteiger partial charge in [0.1, 0.15) is 0 Å². The maximum absolute atomic E-state index is 12.8. The number of thiazole rings is 1. The number of Topliss-reactive ketones (excluding diaryl/α,β-unsaturated/α-hetero) is 1. The van der Waals surface area contributed by atoms with E-state index in [4.69, 9.17) is 4.98 Å². The Morgan fingerprint density at radius 1 is 1.06 bits per heavy atom. The van der Waals surface area contributed by atoms with Gasteiger partial charge in [0.05, 0.1) is 15.9 Å². The van der Waals surface area contributed by atoms with Crippen LogP contribution < -0.4 is 10.6 Å². The van der Waals surface area contributed by atoms with E-state index in [0.717, 1.165) is 77.6 Å². The Bertz CT molecular complexity index is 1320. The molecule has 0 bridgehead atoms. The Balaban J connectivity index is 1.25. The lowest BCUT2D eigenvalue weighted by Gasteiger charge is -2.26. The van der Waals surface area contributed by atoms with Crippen LogP contribution in [0.4, 0.5) is 0 Å². The van der Waals surface area contributed by atoms with Gasteiger partial charge in [-0.25, -0.2) is 4.98 Å². The highest BCUT2D eigenvalue weighted by Gasteiger charge is 2.14. The van der Waals surface area contributed by atoms with Crippen LogP contribution in [0.15, 0.2) is 48.7 Å². The van der Waals surface area contributed by atoms with Crippen LogP contribution in [0.25, 0.3) is 26.4 Å². The van der Waals surface area contributed by atoms with Crippen LogP contribution in [0.3, 0.4) is 0 Å². The number of benzene rings is 2. The van der Waals surface area contributed by atoms with E-state index in [2.05, 4.69) is 19.9 Å². The number of fused-ring (bicyclic) bond motifs is 3. The highest BCUT2D eigenvalue weighted by Crippen LogP contribution is 2.30. The van der Waals surface area contributed by atoms with Crippen LogP contribution in [0.1, 0.15) is 40.0 Å². The van der Waals surface area contributed by atoms with Gasteiger partial charge in [0.25, 0.3) is 5.91 Å². The Kier molecular flexibility index (Phi) is 6.71. The molecule has 2 aromatic carbocycles. The second kappa shape index (κ2) is 10.0. The van der Waals surface area contributed by atoms with Crippen molar-refractivity contribution in [1.82, 2.24) is 24.9 Å². The van der Waals surface area contributed by atoms with Crippen molar-refractivity contribution in [3.63, 3.8) is 0 Å². The molecule has 0 radical (unpaired) electrons. The Hall–Kier alpha value is -3.07. The minimum absolute atomic E-state index is 0.103. The number of imidazole rings is 1. The molecule has 8 heteroatoms. The van der Waals surface area contributed by atoms with E-state index in [1.165, 1.54) is 0 Å². The molecule has 0 aliphatic carbocycles. The van der Waals surface area contributed by atoms with Gasteiger partial charge in [-0.15, -0.1) is 0 Å². The zero-order valence-corrected chi connectivity index (χ0v) is 20.2. The van der Waals surface area contributed by atoms with Crippen molar-refractivity contribution in [3.8, 4) is 11.3 Å². The lowest BCUT2D eigenvalue weighted by molar-refractivity contribution is 0.0959. The van der Waals surface area contributed by atoms with Crippen molar-refractivity contribution in [1.29, 1.82) is 0 Å². The number of amides is 1. The molecule has 4 aromatic rings. The van der Waals surface area contributed by atoms with Gasteiger partial charge in [0.15, 0.2) is 10.7 Å². The fourth-order valence-electron chi connectivity index (χ4n) is 4.45. The van der Waals surface area contributed by atoms with Crippen LogP contribution in [0, 0.1) is 0 Å². The van der Waals surface area contributed by atoms with E-state index >= 15 is 0 Å². The molecule has 2 aromatic heterocycles. The molecule has 0 saturated carbocycles. The second-order valence-corrected chi connectivity index (χ2v) is 9.70. The number of aromatic nitrogens is 2. The monoisotopic (exact) mass is 475 g/mol. The first-order valence-corrected chi connectivity index (χ1v) is 12.6. The minimum atomic E-state index is -0.103. The fraction of sp³-hybridized carbons (Fsp3) is 0.346. The first-order valence-electron chi connectivity index (χ1n) is 11.8. The summed E-state index contributed by atoms with van der Waals surface area (Å²) in [6.07, 6.45) is 4.60. The molecule has 5 rings (SSSR count). The molecule has 176 valence electrons. The van der Waals surface area contributed by atoms with E-state index in [0.29, 0.717) is 12.0 Å². The number of ketones is 1. The maximum atomic E-state index is 12.8. The van der Waals surface area contributed by atoms with E-state index < -0.39 is 0 Å². The molecule has 0 spiro atoms. The van der Waals surface area contributed by atoms with E-state index in [1.54, 1.807) is 30.5 Å². The zero-order chi connectivity index (χ0) is 23.5. The number of piperazine rings is 1. The molecule has 0 atom stereocenters. The number of carbonyl (C=O) groups excluding carboxylic acids is 2. The summed E-state index contributed by atoms with van der Waals surface area (Å²) in [7, 11) is 1.62. The third-order valence-electron chi connectivity index (χ3n) is 6.42. The first-order chi connectivity index (χ1) is 16.6. The Morgan fingerprint density at radius 3 is 2.59 bits per heavy atom. The SMILES string of the molecule is CNC(=O)c1ccc(-c2cn3c(n2)sc2cc(C(=O)CCCCN4CCNCC4)ccc23)cc1. The van der Waals surface area contributed by atoms with Gasteiger partial charge in [-0.1, -0.05) is 23.5 Å². The lowest BCUT2D eigenvalue weighted by atomic mass is 10.1. The molecule has 34 heavy (non-hydrogen) atoms. The molecule has 1 aliphatic rings. The highest BCUT2D eigenvalue weighted by molar-refractivity contribution is 7.23. The van der Waals surface area contributed by atoms with Gasteiger partial charge in [-0.2, -0.15) is 0 Å². The molecular weight excluding hydrogens is 446 g/mol. The third-order valence-corrected chi connectivity index (χ3v) is 7.44. The standard InChI is InChI=1S/C26H29N5O2S/c1-27-25(33)19-7-5-18(6-8-19)21-17-31-22-10-9-20(16-24(22)34-26(31)29-21)23(32)4-2-3-13-30-14-11-28-12-15-30/h5-10,16-17,28H,2-4,11-15H2,1H3,(H,27,33). The van der Waals surface area contributed by atoms with Crippen LogP contribution >= 0.6 is 11.3 Å². The molecular formula is C26H29N5O2S. The minimum Gasteiger partial charge on any atom is -0.355 e. The van der Waals surface area contributed by atoms with Crippen LogP contribution in [0.2, 0.25) is 0 Å². The van der Waals surface area contributed by atoms with E-state index in [-0.39, 0.29) is 11.7 Å². The zero-order valence-electron chi connectivity index (χ0n) is 19.3. The predicted molar refractivity (Wildman–Crippen MR) is 137 cm³/mol. The van der Waals surface area contributed by atoms with Gasteiger partial charge >= 0.3 is 0 Å². The maximum Gasteiger partial charge on any atom is 0.251 e. The quantitative estimate of drug-likeness (QED) is 0.299. The van der Waals surface area contributed by atoms with Gasteiger partial charge in [-0.05, 0) is 49.7 Å². The number of carbonyl (C=O) groups is 2. The van der Waals surface area contributed by atoms with Crippen molar-refractivity contribution < 1.29 is 9.59 Å². The summed E-state index contributed by atoms with van der Waals surface area (Å²) >= 11 is 1.59. The number of hydrogen-bond acceptors (Lipinski definition) is 6. The molecule has 1 fully saturated rings. The summed E-state index contributed by atoms with van der Waals surface area (Å²) in [4.78, 5) is 32.7. The van der Waals surface area contributed by atoms with Gasteiger partial charge in [0, 0.05) is 62.5 Å². The summed E-state index contributed by atoms with van der Waals surface area (Å²) in [5, 5.41) is 6.00. The molecule has 3 heterocycles. The van der Waals surface area contributed by atoms with E-state index in [9.17, 15) is 9.59 Å². The molecule has 2 N–H and O–H groups in total. The summed E-state index contributed by atoms with van der Waals surface area (Å²) in [6.45, 7) is 5.41. The van der Waals surface area contributed by atoms with E-state index in [1.807, 2.05) is 36.5 Å². The number of nitrogens with one attached hydrogen (secondary N) is 2. The summed E-state index contributed by atoms with van der Waals surface area (Å²) < 4.78 is 3.14. The van der Waals surface area contributed by atoms with Crippen LogP contribution in [0.5, 0.6) is 0 Å². The molecule has 1 saturated heterocycles. The van der Waals surface area contributed by atoms with Crippen molar-refractivity contribution in [3.05, 3.63) is 59.8 Å². The normalized spacial score (nSPS) is 14.6. The van der Waals surface area contributed by atoms with Crippen LogP contribution in [-0.2, 0) is 0 Å². The topological polar surface area (TPSA) is 78.7 Å². The Labute approximate surface area is 202 Å². The fourth-order valence-corrected chi connectivity index (χ4v) is 5.50. The van der Waals surface area contributed by atoms with Crippen molar-refractivity contribution in [2.75, 3.05) is 39.8 Å². The number of nitrogens with zero attached hydrogens (tertiary/aromatic N) is 3. The second-order valence-electron chi connectivity index (χ2n) is 8.69. The summed E-state index contributed by atoms with van der Waals surface area (Å²) in [6, 6.07) is 13.4. The lowest BCUT2D eigenvalue weighted by Crippen LogP contribution is -2.43. The smallest absolute Gasteiger partial charge is 0.251 e. The number of unbranched alkanes of at least 4 members (excludes halogenated alkanes) is 1. The van der Waals surface area contributed by atoms with Crippen LogP contribution in [-0.4, -0.2) is 65.7 Å². The van der Waals surface area contributed by atoms with Crippen molar-refractivity contribution in [2.24, 2.45) is 0 Å². The van der Waals surface area contributed by atoms with Gasteiger partial charge in [0.2, 0.25) is 0 Å².